The van der Waals surface area contributed by atoms with Gasteiger partial charge in [0.1, 0.15) is 11.3 Å². The first kappa shape index (κ1) is 15.1. The lowest BCUT2D eigenvalue weighted by atomic mass is 9.95. The SMILES string of the molecule is CC(C)(C)C(=O)Nc1ccc2oc3c(c2c1)CCCCCC3. The summed E-state index contributed by atoms with van der Waals surface area (Å²) >= 11 is 0. The van der Waals surface area contributed by atoms with Gasteiger partial charge >= 0.3 is 0 Å². The summed E-state index contributed by atoms with van der Waals surface area (Å²) in [4.78, 5) is 12.2. The summed E-state index contributed by atoms with van der Waals surface area (Å²) in [5.41, 5.74) is 2.76. The van der Waals surface area contributed by atoms with E-state index in [4.69, 9.17) is 4.42 Å². The summed E-state index contributed by atoms with van der Waals surface area (Å²) in [5.74, 6) is 1.19. The van der Waals surface area contributed by atoms with Gasteiger partial charge in [-0.2, -0.15) is 0 Å². The molecule has 0 fully saturated rings. The first-order chi connectivity index (χ1) is 10.4. The molecular formula is C19H25NO2. The zero-order chi connectivity index (χ0) is 15.7. The molecule has 1 aliphatic rings. The number of furan rings is 1. The normalized spacial score (nSPS) is 16.0. The molecule has 0 radical (unpaired) electrons. The number of anilines is 1. The highest BCUT2D eigenvalue weighted by Crippen LogP contribution is 2.32. The summed E-state index contributed by atoms with van der Waals surface area (Å²) < 4.78 is 6.04. The summed E-state index contributed by atoms with van der Waals surface area (Å²) in [7, 11) is 0. The third-order valence-electron chi connectivity index (χ3n) is 4.39. The predicted octanol–water partition coefficient (Wildman–Crippen LogP) is 5.08. The molecule has 3 nitrogen and oxygen atoms in total. The summed E-state index contributed by atoms with van der Waals surface area (Å²) in [6.45, 7) is 5.77. The van der Waals surface area contributed by atoms with E-state index >= 15 is 0 Å². The molecule has 22 heavy (non-hydrogen) atoms. The van der Waals surface area contributed by atoms with Crippen LogP contribution in [0.3, 0.4) is 0 Å². The number of benzene rings is 1. The highest BCUT2D eigenvalue weighted by molar-refractivity contribution is 5.97. The molecular weight excluding hydrogens is 274 g/mol. The van der Waals surface area contributed by atoms with Crippen molar-refractivity contribution in [2.75, 3.05) is 5.32 Å². The van der Waals surface area contributed by atoms with Crippen molar-refractivity contribution in [3.05, 3.63) is 29.5 Å². The van der Waals surface area contributed by atoms with Crippen LogP contribution in [0.15, 0.2) is 22.6 Å². The molecule has 0 aliphatic heterocycles. The highest BCUT2D eigenvalue weighted by atomic mass is 16.3. The van der Waals surface area contributed by atoms with Crippen LogP contribution in [-0.4, -0.2) is 5.91 Å². The third-order valence-corrected chi connectivity index (χ3v) is 4.39. The lowest BCUT2D eigenvalue weighted by Crippen LogP contribution is -2.27. The first-order valence-corrected chi connectivity index (χ1v) is 8.31. The minimum Gasteiger partial charge on any atom is -0.461 e. The Morgan fingerprint density at radius 2 is 1.82 bits per heavy atom. The van der Waals surface area contributed by atoms with Gasteiger partial charge in [0.15, 0.2) is 0 Å². The highest BCUT2D eigenvalue weighted by Gasteiger charge is 2.22. The van der Waals surface area contributed by atoms with E-state index in [1.807, 2.05) is 32.9 Å². The molecule has 0 unspecified atom stereocenters. The van der Waals surface area contributed by atoms with Gasteiger partial charge < -0.3 is 9.73 Å². The van der Waals surface area contributed by atoms with E-state index in [1.165, 1.54) is 36.6 Å². The molecule has 0 atom stereocenters. The average Bonchev–Trinajstić information content (AvgIpc) is 2.74. The zero-order valence-electron chi connectivity index (χ0n) is 13.8. The number of carbonyl (C=O) groups excluding carboxylic acids is 1. The number of amides is 1. The Morgan fingerprint density at radius 1 is 1.09 bits per heavy atom. The molecule has 1 aromatic heterocycles. The molecule has 1 amide bonds. The molecule has 3 heteroatoms. The van der Waals surface area contributed by atoms with Gasteiger partial charge in [0, 0.05) is 28.5 Å². The van der Waals surface area contributed by atoms with Crippen LogP contribution in [0.25, 0.3) is 11.0 Å². The van der Waals surface area contributed by atoms with Gasteiger partial charge in [0.05, 0.1) is 0 Å². The standard InChI is InChI=1S/C19H25NO2/c1-19(2,3)18(21)20-13-10-11-17-15(12-13)14-8-6-4-5-7-9-16(14)22-17/h10-12H,4-9H2,1-3H3,(H,20,21). The quantitative estimate of drug-likeness (QED) is 0.798. The number of nitrogens with one attached hydrogen (secondary N) is 1. The number of hydrogen-bond acceptors (Lipinski definition) is 2. The fourth-order valence-corrected chi connectivity index (χ4v) is 3.01. The van der Waals surface area contributed by atoms with Crippen molar-refractivity contribution < 1.29 is 9.21 Å². The second kappa shape index (κ2) is 5.79. The molecule has 1 aromatic carbocycles. The van der Waals surface area contributed by atoms with Gasteiger partial charge in [-0.05, 0) is 37.5 Å². The molecule has 3 rings (SSSR count). The van der Waals surface area contributed by atoms with Crippen molar-refractivity contribution in [1.29, 1.82) is 0 Å². The molecule has 0 saturated carbocycles. The largest absolute Gasteiger partial charge is 0.461 e. The Morgan fingerprint density at radius 3 is 2.55 bits per heavy atom. The summed E-state index contributed by atoms with van der Waals surface area (Å²) in [5, 5.41) is 4.19. The van der Waals surface area contributed by atoms with E-state index in [1.54, 1.807) is 0 Å². The maximum Gasteiger partial charge on any atom is 0.229 e. The first-order valence-electron chi connectivity index (χ1n) is 8.31. The fourth-order valence-electron chi connectivity index (χ4n) is 3.01. The summed E-state index contributed by atoms with van der Waals surface area (Å²) in [6.07, 6.45) is 7.14. The van der Waals surface area contributed by atoms with Crippen molar-refractivity contribution >= 4 is 22.6 Å². The van der Waals surface area contributed by atoms with E-state index in [2.05, 4.69) is 11.4 Å². The van der Waals surface area contributed by atoms with Crippen LogP contribution >= 0.6 is 0 Å². The lowest BCUT2D eigenvalue weighted by Gasteiger charge is -2.17. The van der Waals surface area contributed by atoms with Crippen LogP contribution in [0.5, 0.6) is 0 Å². The van der Waals surface area contributed by atoms with Crippen molar-refractivity contribution in [3.63, 3.8) is 0 Å². The van der Waals surface area contributed by atoms with Gasteiger partial charge in [0.2, 0.25) is 5.91 Å². The number of aryl methyl sites for hydroxylation is 2. The van der Waals surface area contributed by atoms with Crippen molar-refractivity contribution in [3.8, 4) is 0 Å². The fraction of sp³-hybridized carbons (Fsp3) is 0.526. The van der Waals surface area contributed by atoms with Gasteiger partial charge in [-0.15, -0.1) is 0 Å². The molecule has 1 aliphatic carbocycles. The molecule has 0 saturated heterocycles. The third kappa shape index (κ3) is 3.03. The number of hydrogen-bond donors (Lipinski definition) is 1. The number of carbonyl (C=O) groups is 1. The second-order valence-corrected chi connectivity index (χ2v) is 7.33. The Hall–Kier alpha value is -1.77. The van der Waals surface area contributed by atoms with Crippen LogP contribution in [0.1, 0.15) is 57.8 Å². The minimum absolute atomic E-state index is 0.0400. The molecule has 0 bridgehead atoms. The smallest absolute Gasteiger partial charge is 0.229 e. The van der Waals surface area contributed by atoms with Crippen LogP contribution in [0, 0.1) is 5.41 Å². The molecule has 2 aromatic rings. The summed E-state index contributed by atoms with van der Waals surface area (Å²) in [6, 6.07) is 5.99. The Kier molecular flexibility index (Phi) is 3.98. The van der Waals surface area contributed by atoms with E-state index in [0.717, 1.165) is 29.9 Å². The number of fused-ring (bicyclic) bond motifs is 3. The van der Waals surface area contributed by atoms with Gasteiger partial charge in [0.25, 0.3) is 0 Å². The Bertz CT molecular complexity index is 691. The Balaban J connectivity index is 1.95. The monoisotopic (exact) mass is 299 g/mol. The van der Waals surface area contributed by atoms with E-state index < -0.39 is 0 Å². The van der Waals surface area contributed by atoms with Crippen molar-refractivity contribution in [2.45, 2.75) is 59.3 Å². The van der Waals surface area contributed by atoms with Crippen molar-refractivity contribution in [2.24, 2.45) is 5.41 Å². The van der Waals surface area contributed by atoms with Crippen molar-refractivity contribution in [1.82, 2.24) is 0 Å². The minimum atomic E-state index is -0.389. The van der Waals surface area contributed by atoms with E-state index in [9.17, 15) is 4.79 Å². The molecule has 0 spiro atoms. The topological polar surface area (TPSA) is 42.2 Å². The Labute approximate surface area is 132 Å². The van der Waals surface area contributed by atoms with Gasteiger partial charge in [-0.3, -0.25) is 4.79 Å². The molecule has 118 valence electrons. The van der Waals surface area contributed by atoms with Crippen LogP contribution < -0.4 is 5.32 Å². The maximum atomic E-state index is 12.2. The van der Waals surface area contributed by atoms with E-state index in [0.29, 0.717) is 0 Å². The lowest BCUT2D eigenvalue weighted by molar-refractivity contribution is -0.123. The van der Waals surface area contributed by atoms with Gasteiger partial charge in [-0.25, -0.2) is 0 Å². The van der Waals surface area contributed by atoms with Crippen LogP contribution in [0.2, 0.25) is 0 Å². The van der Waals surface area contributed by atoms with E-state index in [-0.39, 0.29) is 11.3 Å². The van der Waals surface area contributed by atoms with Crippen LogP contribution in [-0.2, 0) is 17.6 Å². The maximum absolute atomic E-state index is 12.2. The second-order valence-electron chi connectivity index (χ2n) is 7.33. The molecule has 1 heterocycles. The zero-order valence-corrected chi connectivity index (χ0v) is 13.8. The average molecular weight is 299 g/mol. The molecule has 1 N–H and O–H groups in total. The predicted molar refractivity (Wildman–Crippen MR) is 90.2 cm³/mol. The van der Waals surface area contributed by atoms with Crippen LogP contribution in [0.4, 0.5) is 5.69 Å². The van der Waals surface area contributed by atoms with Gasteiger partial charge in [-0.1, -0.05) is 33.6 Å². The number of rotatable bonds is 1.